The Kier molecular flexibility index (Phi) is 5.22. The second kappa shape index (κ2) is 7.74. The molecule has 0 atom stereocenters. The molecule has 1 aromatic heterocycles. The van der Waals surface area contributed by atoms with E-state index in [0.717, 1.165) is 5.69 Å². The van der Waals surface area contributed by atoms with Crippen LogP contribution in [0.2, 0.25) is 0 Å². The van der Waals surface area contributed by atoms with Gasteiger partial charge in [0.15, 0.2) is 6.61 Å². The molecule has 132 valence electrons. The smallest absolute Gasteiger partial charge is 0.339 e. The van der Waals surface area contributed by atoms with Gasteiger partial charge in [-0.05, 0) is 30.7 Å². The monoisotopic (exact) mass is 352 g/mol. The molecule has 1 amide bonds. The van der Waals surface area contributed by atoms with E-state index in [9.17, 15) is 14.0 Å². The number of anilines is 1. The molecule has 5 nitrogen and oxygen atoms in total. The second-order valence-electron chi connectivity index (χ2n) is 5.64. The first-order valence-corrected chi connectivity index (χ1v) is 8.18. The zero-order chi connectivity index (χ0) is 18.5. The Labute approximate surface area is 149 Å². The average molecular weight is 352 g/mol. The maximum Gasteiger partial charge on any atom is 0.339 e. The van der Waals surface area contributed by atoms with Gasteiger partial charge in [-0.2, -0.15) is 0 Å². The highest BCUT2D eigenvalue weighted by molar-refractivity contribution is 6.04. The molecule has 1 N–H and O–H groups in total. The Bertz CT molecular complexity index is 972. The van der Waals surface area contributed by atoms with Crippen molar-refractivity contribution in [3.63, 3.8) is 0 Å². The second-order valence-corrected chi connectivity index (χ2v) is 5.64. The van der Waals surface area contributed by atoms with E-state index in [1.807, 2.05) is 19.1 Å². The van der Waals surface area contributed by atoms with E-state index < -0.39 is 24.3 Å². The SMILES string of the molecule is CCc1cc(C(=O)OCC(=O)Nc2ccccc2F)c2ccccc2n1. The van der Waals surface area contributed by atoms with Crippen LogP contribution in [0.25, 0.3) is 10.9 Å². The molecule has 0 aliphatic rings. The molecule has 0 fully saturated rings. The molecular formula is C20H17FN2O3. The molecule has 3 rings (SSSR count). The summed E-state index contributed by atoms with van der Waals surface area (Å²) in [5, 5.41) is 3.03. The highest BCUT2D eigenvalue weighted by Gasteiger charge is 2.16. The molecule has 6 heteroatoms. The minimum atomic E-state index is -0.623. The van der Waals surface area contributed by atoms with Gasteiger partial charge in [-0.15, -0.1) is 0 Å². The number of esters is 1. The molecular weight excluding hydrogens is 335 g/mol. The molecule has 0 unspecified atom stereocenters. The lowest BCUT2D eigenvalue weighted by molar-refractivity contribution is -0.119. The third kappa shape index (κ3) is 3.85. The number of halogens is 1. The number of carbonyl (C=O) groups excluding carboxylic acids is 2. The summed E-state index contributed by atoms with van der Waals surface area (Å²) in [6.07, 6.45) is 0.666. The maximum absolute atomic E-state index is 13.5. The number of aromatic nitrogens is 1. The summed E-state index contributed by atoms with van der Waals surface area (Å²) < 4.78 is 18.7. The summed E-state index contributed by atoms with van der Waals surface area (Å²) in [5.74, 6) is -1.79. The van der Waals surface area contributed by atoms with Crippen molar-refractivity contribution >= 4 is 28.5 Å². The van der Waals surface area contributed by atoms with Gasteiger partial charge in [-0.3, -0.25) is 9.78 Å². The van der Waals surface area contributed by atoms with Gasteiger partial charge in [0.05, 0.1) is 16.8 Å². The Hall–Kier alpha value is -3.28. The largest absolute Gasteiger partial charge is 0.452 e. The van der Waals surface area contributed by atoms with Crippen LogP contribution >= 0.6 is 0 Å². The van der Waals surface area contributed by atoms with Crippen molar-refractivity contribution < 1.29 is 18.7 Å². The number of ether oxygens (including phenoxy) is 1. The van der Waals surface area contributed by atoms with E-state index in [1.54, 1.807) is 24.3 Å². The third-order valence-electron chi connectivity index (χ3n) is 3.83. The number of hydrogen-bond donors (Lipinski definition) is 1. The zero-order valence-electron chi connectivity index (χ0n) is 14.2. The maximum atomic E-state index is 13.5. The number of rotatable bonds is 5. The predicted molar refractivity (Wildman–Crippen MR) is 96.4 cm³/mol. The van der Waals surface area contributed by atoms with Gasteiger partial charge in [0, 0.05) is 11.1 Å². The molecule has 0 spiro atoms. The normalized spacial score (nSPS) is 10.5. The van der Waals surface area contributed by atoms with Crippen LogP contribution in [0.4, 0.5) is 10.1 Å². The zero-order valence-corrected chi connectivity index (χ0v) is 14.2. The minimum Gasteiger partial charge on any atom is -0.452 e. The molecule has 0 aliphatic carbocycles. The molecule has 3 aromatic rings. The topological polar surface area (TPSA) is 68.3 Å². The van der Waals surface area contributed by atoms with Crippen molar-refractivity contribution in [3.05, 3.63) is 71.7 Å². The minimum absolute atomic E-state index is 0.0381. The van der Waals surface area contributed by atoms with Crippen molar-refractivity contribution in [1.29, 1.82) is 0 Å². The van der Waals surface area contributed by atoms with Gasteiger partial charge in [-0.1, -0.05) is 37.3 Å². The Morgan fingerprint density at radius 3 is 2.62 bits per heavy atom. The summed E-state index contributed by atoms with van der Waals surface area (Å²) in [6.45, 7) is 1.43. The van der Waals surface area contributed by atoms with Crippen molar-refractivity contribution in [1.82, 2.24) is 4.98 Å². The van der Waals surface area contributed by atoms with Crippen molar-refractivity contribution in [2.24, 2.45) is 0 Å². The third-order valence-corrected chi connectivity index (χ3v) is 3.83. The van der Waals surface area contributed by atoms with E-state index >= 15 is 0 Å². The number of amides is 1. The number of carbonyl (C=O) groups is 2. The van der Waals surface area contributed by atoms with Crippen LogP contribution in [-0.4, -0.2) is 23.5 Å². The van der Waals surface area contributed by atoms with Gasteiger partial charge < -0.3 is 10.1 Å². The summed E-state index contributed by atoms with van der Waals surface area (Å²) >= 11 is 0. The summed E-state index contributed by atoms with van der Waals surface area (Å²) in [4.78, 5) is 28.8. The molecule has 2 aromatic carbocycles. The fourth-order valence-corrected chi connectivity index (χ4v) is 2.54. The molecule has 1 heterocycles. The first-order valence-electron chi connectivity index (χ1n) is 8.18. The number of nitrogens with one attached hydrogen (secondary N) is 1. The van der Waals surface area contributed by atoms with E-state index in [1.165, 1.54) is 18.2 Å². The van der Waals surface area contributed by atoms with E-state index in [-0.39, 0.29) is 5.69 Å². The van der Waals surface area contributed by atoms with Crippen molar-refractivity contribution in [3.8, 4) is 0 Å². The summed E-state index contributed by atoms with van der Waals surface area (Å²) in [6, 6.07) is 14.7. The van der Waals surface area contributed by atoms with E-state index in [4.69, 9.17) is 4.74 Å². The van der Waals surface area contributed by atoms with Crippen LogP contribution in [0.3, 0.4) is 0 Å². The molecule has 0 radical (unpaired) electrons. The van der Waals surface area contributed by atoms with Gasteiger partial charge in [0.2, 0.25) is 0 Å². The fourth-order valence-electron chi connectivity index (χ4n) is 2.54. The van der Waals surface area contributed by atoms with Crippen LogP contribution in [-0.2, 0) is 16.0 Å². The highest BCUT2D eigenvalue weighted by atomic mass is 19.1. The number of pyridine rings is 1. The van der Waals surface area contributed by atoms with Crippen LogP contribution in [0.1, 0.15) is 23.0 Å². The standard InChI is InChI=1S/C20H17FN2O3/c1-2-13-11-15(14-7-3-5-9-17(14)22-13)20(25)26-12-19(24)23-18-10-6-4-8-16(18)21/h3-11H,2,12H2,1H3,(H,23,24). The summed E-state index contributed by atoms with van der Waals surface area (Å²) in [5.41, 5.74) is 1.84. The van der Waals surface area contributed by atoms with Crippen molar-refractivity contribution in [2.75, 3.05) is 11.9 Å². The quantitative estimate of drug-likeness (QED) is 0.711. The van der Waals surface area contributed by atoms with Gasteiger partial charge in [0.1, 0.15) is 5.82 Å². The van der Waals surface area contributed by atoms with Crippen LogP contribution in [0.5, 0.6) is 0 Å². The van der Waals surface area contributed by atoms with E-state index in [2.05, 4.69) is 10.3 Å². The Morgan fingerprint density at radius 2 is 1.85 bits per heavy atom. The highest BCUT2D eigenvalue weighted by Crippen LogP contribution is 2.20. The lowest BCUT2D eigenvalue weighted by Crippen LogP contribution is -2.21. The Balaban J connectivity index is 1.73. The predicted octanol–water partition coefficient (Wildman–Crippen LogP) is 3.73. The molecule has 26 heavy (non-hydrogen) atoms. The lowest BCUT2D eigenvalue weighted by Gasteiger charge is -2.10. The lowest BCUT2D eigenvalue weighted by atomic mass is 10.1. The number of aryl methyl sites for hydroxylation is 1. The average Bonchev–Trinajstić information content (AvgIpc) is 2.67. The Morgan fingerprint density at radius 1 is 1.12 bits per heavy atom. The van der Waals surface area contributed by atoms with Gasteiger partial charge in [-0.25, -0.2) is 9.18 Å². The van der Waals surface area contributed by atoms with Gasteiger partial charge in [0.25, 0.3) is 5.91 Å². The number of para-hydroxylation sites is 2. The molecule has 0 saturated carbocycles. The van der Waals surface area contributed by atoms with Crippen LogP contribution in [0, 0.1) is 5.82 Å². The van der Waals surface area contributed by atoms with Crippen molar-refractivity contribution in [2.45, 2.75) is 13.3 Å². The number of benzene rings is 2. The first-order chi connectivity index (χ1) is 12.6. The van der Waals surface area contributed by atoms with Crippen LogP contribution in [0.15, 0.2) is 54.6 Å². The number of nitrogens with zero attached hydrogens (tertiary/aromatic N) is 1. The molecule has 0 bridgehead atoms. The number of hydrogen-bond acceptors (Lipinski definition) is 4. The van der Waals surface area contributed by atoms with Crippen LogP contribution < -0.4 is 5.32 Å². The summed E-state index contributed by atoms with van der Waals surface area (Å²) in [7, 11) is 0. The number of fused-ring (bicyclic) bond motifs is 1. The van der Waals surface area contributed by atoms with Gasteiger partial charge >= 0.3 is 5.97 Å². The fraction of sp³-hybridized carbons (Fsp3) is 0.150. The molecule has 0 saturated heterocycles. The van der Waals surface area contributed by atoms with E-state index in [0.29, 0.717) is 22.9 Å². The first kappa shape index (κ1) is 17.5. The molecule has 0 aliphatic heterocycles.